The van der Waals surface area contributed by atoms with Gasteiger partial charge in [0.1, 0.15) is 22.6 Å². The summed E-state index contributed by atoms with van der Waals surface area (Å²) in [7, 11) is 1.26. The molecule has 0 fully saturated rings. The summed E-state index contributed by atoms with van der Waals surface area (Å²) in [5, 5.41) is 5.74. The fraction of sp³-hybridized carbons (Fsp3) is 0.421. The topological polar surface area (TPSA) is 98.8 Å². The average Bonchev–Trinajstić information content (AvgIpc) is 3.20. The zero-order chi connectivity index (χ0) is 20.3. The molecular formula is C19H23N3O5S. The van der Waals surface area contributed by atoms with Crippen LogP contribution in [0.1, 0.15) is 41.0 Å². The number of aryl methyl sites for hydroxylation is 1. The maximum Gasteiger partial charge on any atom is 0.412 e. The number of fused-ring (bicyclic) bond motifs is 1. The maximum atomic E-state index is 12.7. The van der Waals surface area contributed by atoms with Gasteiger partial charge in [0.25, 0.3) is 5.91 Å². The SMILES string of the molecule is CCOc1cc2c(cc1CNC(=O)c1c(C)nsc1NC(=O)OC)O[C@H](C)C2. The van der Waals surface area contributed by atoms with Gasteiger partial charge in [-0.25, -0.2) is 4.79 Å². The second-order valence-electron chi connectivity index (χ2n) is 6.40. The van der Waals surface area contributed by atoms with Crippen molar-refractivity contribution < 1.29 is 23.8 Å². The zero-order valence-corrected chi connectivity index (χ0v) is 17.1. The van der Waals surface area contributed by atoms with E-state index in [1.807, 2.05) is 26.0 Å². The number of hydrogen-bond donors (Lipinski definition) is 2. The van der Waals surface area contributed by atoms with Crippen LogP contribution >= 0.6 is 11.5 Å². The van der Waals surface area contributed by atoms with Crippen molar-refractivity contribution in [3.63, 3.8) is 0 Å². The predicted octanol–water partition coefficient (Wildman–Crippen LogP) is 3.28. The number of carbonyl (C=O) groups excluding carboxylic acids is 2. The third-order valence-corrected chi connectivity index (χ3v) is 5.16. The highest BCUT2D eigenvalue weighted by Gasteiger charge is 2.23. The van der Waals surface area contributed by atoms with E-state index in [4.69, 9.17) is 9.47 Å². The van der Waals surface area contributed by atoms with Crippen molar-refractivity contribution >= 4 is 28.5 Å². The smallest absolute Gasteiger partial charge is 0.412 e. The number of nitrogens with zero attached hydrogens (tertiary/aromatic N) is 1. The molecule has 1 aromatic heterocycles. The summed E-state index contributed by atoms with van der Waals surface area (Å²) in [6.45, 7) is 6.43. The lowest BCUT2D eigenvalue weighted by molar-refractivity contribution is 0.0951. The first-order valence-electron chi connectivity index (χ1n) is 8.97. The minimum absolute atomic E-state index is 0.126. The van der Waals surface area contributed by atoms with E-state index in [9.17, 15) is 9.59 Å². The van der Waals surface area contributed by atoms with Gasteiger partial charge in [-0.05, 0) is 44.4 Å². The van der Waals surface area contributed by atoms with Crippen molar-refractivity contribution in [2.45, 2.75) is 39.8 Å². The zero-order valence-electron chi connectivity index (χ0n) is 16.3. The first-order chi connectivity index (χ1) is 13.4. The Bertz CT molecular complexity index is 896. The number of methoxy groups -OCH3 is 1. The lowest BCUT2D eigenvalue weighted by atomic mass is 10.1. The van der Waals surface area contributed by atoms with Gasteiger partial charge >= 0.3 is 6.09 Å². The van der Waals surface area contributed by atoms with Gasteiger partial charge in [0, 0.05) is 24.1 Å². The van der Waals surface area contributed by atoms with Gasteiger partial charge in [-0.2, -0.15) is 4.37 Å². The van der Waals surface area contributed by atoms with Crippen molar-refractivity contribution in [1.29, 1.82) is 0 Å². The van der Waals surface area contributed by atoms with E-state index in [2.05, 4.69) is 19.7 Å². The van der Waals surface area contributed by atoms with Crippen LogP contribution in [-0.4, -0.2) is 36.2 Å². The number of amides is 2. The number of aromatic nitrogens is 1. The molecule has 0 unspecified atom stereocenters. The van der Waals surface area contributed by atoms with Crippen molar-refractivity contribution in [3.05, 3.63) is 34.5 Å². The van der Waals surface area contributed by atoms with Crippen LogP contribution in [0.5, 0.6) is 11.5 Å². The van der Waals surface area contributed by atoms with E-state index in [0.29, 0.717) is 22.9 Å². The number of hydrogen-bond acceptors (Lipinski definition) is 7. The van der Waals surface area contributed by atoms with Crippen molar-refractivity contribution in [2.24, 2.45) is 0 Å². The molecule has 0 bridgehead atoms. The van der Waals surface area contributed by atoms with E-state index < -0.39 is 6.09 Å². The summed E-state index contributed by atoms with van der Waals surface area (Å²) < 4.78 is 20.3. The Kier molecular flexibility index (Phi) is 6.03. The lowest BCUT2D eigenvalue weighted by Crippen LogP contribution is -2.25. The molecule has 0 aliphatic carbocycles. The van der Waals surface area contributed by atoms with E-state index >= 15 is 0 Å². The quantitative estimate of drug-likeness (QED) is 0.765. The molecule has 0 saturated carbocycles. The fourth-order valence-corrected chi connectivity index (χ4v) is 3.82. The van der Waals surface area contributed by atoms with E-state index in [1.54, 1.807) is 6.92 Å². The van der Waals surface area contributed by atoms with Gasteiger partial charge in [0.05, 0.1) is 25.0 Å². The van der Waals surface area contributed by atoms with Crippen LogP contribution < -0.4 is 20.1 Å². The van der Waals surface area contributed by atoms with Gasteiger partial charge in [0.2, 0.25) is 0 Å². The van der Waals surface area contributed by atoms with Crippen molar-refractivity contribution in [3.8, 4) is 11.5 Å². The normalized spacial score (nSPS) is 14.8. The van der Waals surface area contributed by atoms with Crippen LogP contribution in [0.3, 0.4) is 0 Å². The number of carbonyl (C=O) groups is 2. The van der Waals surface area contributed by atoms with Gasteiger partial charge in [0.15, 0.2) is 0 Å². The van der Waals surface area contributed by atoms with Crippen LogP contribution in [-0.2, 0) is 17.7 Å². The minimum atomic E-state index is -0.652. The molecule has 0 radical (unpaired) electrons. The van der Waals surface area contributed by atoms with Gasteiger partial charge in [-0.3, -0.25) is 10.1 Å². The first-order valence-corrected chi connectivity index (χ1v) is 9.75. The molecule has 2 N–H and O–H groups in total. The lowest BCUT2D eigenvalue weighted by Gasteiger charge is -2.13. The minimum Gasteiger partial charge on any atom is -0.494 e. The second-order valence-corrected chi connectivity index (χ2v) is 7.18. The molecule has 2 aromatic rings. The molecule has 2 heterocycles. The highest BCUT2D eigenvalue weighted by atomic mass is 32.1. The third kappa shape index (κ3) is 4.19. The Balaban J connectivity index is 1.77. The number of anilines is 1. The van der Waals surface area contributed by atoms with Gasteiger partial charge < -0.3 is 19.5 Å². The summed E-state index contributed by atoms with van der Waals surface area (Å²) in [6, 6.07) is 3.89. The first kappa shape index (κ1) is 19.9. The predicted molar refractivity (Wildman–Crippen MR) is 105 cm³/mol. The number of rotatable bonds is 6. The average molecular weight is 405 g/mol. The van der Waals surface area contributed by atoms with E-state index in [-0.39, 0.29) is 18.6 Å². The number of benzene rings is 1. The Hall–Kier alpha value is -2.81. The largest absolute Gasteiger partial charge is 0.494 e. The number of ether oxygens (including phenoxy) is 3. The molecule has 1 aliphatic rings. The van der Waals surface area contributed by atoms with Gasteiger partial charge in [-0.15, -0.1) is 0 Å². The van der Waals surface area contributed by atoms with E-state index in [1.165, 1.54) is 7.11 Å². The Morgan fingerprint density at radius 1 is 1.39 bits per heavy atom. The third-order valence-electron chi connectivity index (χ3n) is 4.31. The molecule has 28 heavy (non-hydrogen) atoms. The Labute approximate surface area is 167 Å². The molecule has 9 heteroatoms. The molecule has 2 amide bonds. The van der Waals surface area contributed by atoms with Crippen molar-refractivity contribution in [2.75, 3.05) is 19.0 Å². The molecule has 0 spiro atoms. The van der Waals surface area contributed by atoms with Crippen LogP contribution in [0.15, 0.2) is 12.1 Å². The molecule has 3 rings (SSSR count). The molecule has 0 saturated heterocycles. The van der Waals surface area contributed by atoms with Crippen LogP contribution in [0, 0.1) is 6.92 Å². The second kappa shape index (κ2) is 8.47. The Morgan fingerprint density at radius 3 is 2.89 bits per heavy atom. The highest BCUT2D eigenvalue weighted by Crippen LogP contribution is 2.35. The summed E-state index contributed by atoms with van der Waals surface area (Å²) in [6.07, 6.45) is 0.312. The maximum absolute atomic E-state index is 12.7. The standard InChI is InChI=1S/C19H23N3O5S/c1-5-26-14-7-12-6-10(2)27-15(12)8-13(14)9-20-17(23)16-11(3)22-28-18(16)21-19(24)25-4/h7-8,10H,5-6,9H2,1-4H3,(H,20,23)(H,21,24)/t10-/m1/s1. The summed E-state index contributed by atoms with van der Waals surface area (Å²) in [5.74, 6) is 1.21. The highest BCUT2D eigenvalue weighted by molar-refractivity contribution is 7.11. The molecule has 150 valence electrons. The fourth-order valence-electron chi connectivity index (χ4n) is 3.04. The molecule has 1 atom stereocenters. The molecule has 1 aromatic carbocycles. The summed E-state index contributed by atoms with van der Waals surface area (Å²) >= 11 is 1.03. The number of nitrogens with one attached hydrogen (secondary N) is 2. The monoisotopic (exact) mass is 405 g/mol. The summed E-state index contributed by atoms with van der Waals surface area (Å²) in [5.41, 5.74) is 2.78. The van der Waals surface area contributed by atoms with Crippen LogP contribution in [0.25, 0.3) is 0 Å². The van der Waals surface area contributed by atoms with Gasteiger partial charge in [-0.1, -0.05) is 0 Å². The van der Waals surface area contributed by atoms with Crippen LogP contribution in [0.2, 0.25) is 0 Å². The van der Waals surface area contributed by atoms with Crippen LogP contribution in [0.4, 0.5) is 9.80 Å². The molecule has 1 aliphatic heterocycles. The molecular weight excluding hydrogens is 382 g/mol. The van der Waals surface area contributed by atoms with E-state index in [0.717, 1.165) is 40.6 Å². The summed E-state index contributed by atoms with van der Waals surface area (Å²) in [4.78, 5) is 24.2. The molecule has 8 nitrogen and oxygen atoms in total. The Morgan fingerprint density at radius 2 is 2.18 bits per heavy atom. The van der Waals surface area contributed by atoms with Crippen molar-refractivity contribution in [1.82, 2.24) is 9.69 Å².